The fraction of sp³-hybridized carbons (Fsp3) is 0.304. The van der Waals surface area contributed by atoms with E-state index >= 15 is 0 Å². The zero-order valence-corrected chi connectivity index (χ0v) is 20.1. The lowest BCUT2D eigenvalue weighted by Gasteiger charge is -2.19. The summed E-state index contributed by atoms with van der Waals surface area (Å²) in [5, 5.41) is 24.1. The minimum absolute atomic E-state index is 0.0407. The van der Waals surface area contributed by atoms with E-state index in [9.17, 15) is 19.7 Å². The van der Waals surface area contributed by atoms with E-state index < -0.39 is 16.9 Å². The normalized spacial score (nSPS) is 11.8. The molecule has 0 saturated heterocycles. The fourth-order valence-corrected chi connectivity index (χ4v) is 3.81. The van der Waals surface area contributed by atoms with E-state index in [0.29, 0.717) is 11.0 Å². The standard InChI is InChI=1S/C23H26N6O4S/c1-13(2)20(25-22(31)16-8-6-9-17(11-16)29(32)33)21-26-23(28-27-21)34-12-19(30)24-18-10-5-7-14(3)15(18)4/h5-11,13,20H,12H2,1-4H3,(H,24,30)(H,25,31)(H,26,27,28)/t20-/m0/s1. The second-order valence-corrected chi connectivity index (χ2v) is 9.03. The van der Waals surface area contributed by atoms with Gasteiger partial charge < -0.3 is 10.6 Å². The number of non-ortho nitro benzene ring substituents is 1. The van der Waals surface area contributed by atoms with Crippen molar-refractivity contribution in [1.29, 1.82) is 0 Å². The molecule has 0 unspecified atom stereocenters. The van der Waals surface area contributed by atoms with Gasteiger partial charge in [0.25, 0.3) is 11.6 Å². The number of nitrogens with zero attached hydrogens (tertiary/aromatic N) is 3. The largest absolute Gasteiger partial charge is 0.342 e. The molecular weight excluding hydrogens is 456 g/mol. The zero-order valence-electron chi connectivity index (χ0n) is 19.3. The maximum atomic E-state index is 12.7. The Balaban J connectivity index is 1.63. The average Bonchev–Trinajstić information content (AvgIpc) is 3.27. The molecule has 2 aromatic carbocycles. The fourth-order valence-electron chi connectivity index (χ4n) is 3.20. The molecule has 10 nitrogen and oxygen atoms in total. The lowest BCUT2D eigenvalue weighted by Crippen LogP contribution is -2.32. The van der Waals surface area contributed by atoms with E-state index in [0.717, 1.165) is 16.8 Å². The Morgan fingerprint density at radius 2 is 1.91 bits per heavy atom. The molecule has 0 aliphatic carbocycles. The molecule has 1 atom stereocenters. The van der Waals surface area contributed by atoms with Crippen molar-refractivity contribution in [3.8, 4) is 0 Å². The van der Waals surface area contributed by atoms with Crippen molar-refractivity contribution in [3.63, 3.8) is 0 Å². The third-order valence-electron chi connectivity index (χ3n) is 5.26. The van der Waals surface area contributed by atoms with Gasteiger partial charge in [-0.25, -0.2) is 4.98 Å². The average molecular weight is 483 g/mol. The highest BCUT2D eigenvalue weighted by Crippen LogP contribution is 2.23. The summed E-state index contributed by atoms with van der Waals surface area (Å²) in [6.45, 7) is 7.75. The van der Waals surface area contributed by atoms with Gasteiger partial charge in [0.05, 0.1) is 16.7 Å². The first-order valence-corrected chi connectivity index (χ1v) is 11.6. The van der Waals surface area contributed by atoms with Crippen molar-refractivity contribution >= 4 is 35.0 Å². The third-order valence-corrected chi connectivity index (χ3v) is 6.11. The van der Waals surface area contributed by atoms with E-state index in [1.165, 1.54) is 36.0 Å². The van der Waals surface area contributed by atoms with E-state index in [2.05, 4.69) is 25.8 Å². The van der Waals surface area contributed by atoms with Crippen LogP contribution >= 0.6 is 11.8 Å². The van der Waals surface area contributed by atoms with E-state index in [1.54, 1.807) is 0 Å². The Kier molecular flexibility index (Phi) is 8.00. The van der Waals surface area contributed by atoms with Gasteiger partial charge in [0.15, 0.2) is 0 Å². The molecule has 0 aliphatic heterocycles. The minimum atomic E-state index is -0.549. The van der Waals surface area contributed by atoms with Gasteiger partial charge in [-0.1, -0.05) is 43.8 Å². The molecule has 0 aliphatic rings. The van der Waals surface area contributed by atoms with Crippen LogP contribution in [0.3, 0.4) is 0 Å². The molecule has 34 heavy (non-hydrogen) atoms. The number of nitro benzene ring substituents is 1. The molecule has 2 amide bonds. The number of benzene rings is 2. The van der Waals surface area contributed by atoms with Crippen LogP contribution < -0.4 is 10.6 Å². The van der Waals surface area contributed by atoms with Crippen LogP contribution in [0.5, 0.6) is 0 Å². The van der Waals surface area contributed by atoms with Crippen LogP contribution in [0.15, 0.2) is 47.6 Å². The molecule has 1 heterocycles. The minimum Gasteiger partial charge on any atom is -0.342 e. The molecule has 11 heteroatoms. The van der Waals surface area contributed by atoms with Crippen LogP contribution in [-0.2, 0) is 4.79 Å². The van der Waals surface area contributed by atoms with Crippen LogP contribution in [0.1, 0.15) is 47.2 Å². The number of H-pyrrole nitrogens is 1. The second kappa shape index (κ2) is 10.9. The lowest BCUT2D eigenvalue weighted by molar-refractivity contribution is -0.384. The summed E-state index contributed by atoms with van der Waals surface area (Å²) in [6.07, 6.45) is 0. The van der Waals surface area contributed by atoms with Gasteiger partial charge in [0.2, 0.25) is 11.1 Å². The van der Waals surface area contributed by atoms with Crippen molar-refractivity contribution in [2.45, 2.75) is 38.9 Å². The van der Waals surface area contributed by atoms with Gasteiger partial charge in [-0.3, -0.25) is 24.8 Å². The van der Waals surface area contributed by atoms with Crippen molar-refractivity contribution in [3.05, 3.63) is 75.1 Å². The van der Waals surface area contributed by atoms with Crippen molar-refractivity contribution < 1.29 is 14.5 Å². The molecule has 0 spiro atoms. The van der Waals surface area contributed by atoms with Crippen molar-refractivity contribution in [2.24, 2.45) is 5.92 Å². The number of anilines is 1. The Morgan fingerprint density at radius 1 is 1.18 bits per heavy atom. The summed E-state index contributed by atoms with van der Waals surface area (Å²) >= 11 is 1.18. The number of hydrogen-bond acceptors (Lipinski definition) is 7. The summed E-state index contributed by atoms with van der Waals surface area (Å²) in [6, 6.07) is 10.7. The van der Waals surface area contributed by atoms with Crippen LogP contribution in [0.4, 0.5) is 11.4 Å². The quantitative estimate of drug-likeness (QED) is 0.236. The molecular formula is C23H26N6O4S. The van der Waals surface area contributed by atoms with E-state index in [1.807, 2.05) is 45.9 Å². The number of hydrogen-bond donors (Lipinski definition) is 3. The Hall–Kier alpha value is -3.73. The second-order valence-electron chi connectivity index (χ2n) is 8.09. The number of carbonyl (C=O) groups is 2. The SMILES string of the molecule is Cc1cccc(NC(=O)CSc2n[nH]c([C@@H](NC(=O)c3cccc([N+](=O)[O-])c3)C(C)C)n2)c1C. The number of nitrogens with one attached hydrogen (secondary N) is 3. The number of amides is 2. The molecule has 0 bridgehead atoms. The molecule has 0 radical (unpaired) electrons. The van der Waals surface area contributed by atoms with Gasteiger partial charge >= 0.3 is 0 Å². The molecule has 0 saturated carbocycles. The van der Waals surface area contributed by atoms with Gasteiger partial charge in [-0.2, -0.15) is 0 Å². The molecule has 0 fully saturated rings. The molecule has 3 rings (SSSR count). The highest BCUT2D eigenvalue weighted by Gasteiger charge is 2.24. The number of rotatable bonds is 9. The summed E-state index contributed by atoms with van der Waals surface area (Å²) in [7, 11) is 0. The smallest absolute Gasteiger partial charge is 0.270 e. The zero-order chi connectivity index (χ0) is 24.8. The first kappa shape index (κ1) is 24.9. The van der Waals surface area contributed by atoms with Crippen LogP contribution in [0, 0.1) is 29.9 Å². The molecule has 3 N–H and O–H groups in total. The first-order chi connectivity index (χ1) is 16.2. The lowest BCUT2D eigenvalue weighted by atomic mass is 10.0. The molecule has 178 valence electrons. The van der Waals surface area contributed by atoms with Crippen LogP contribution in [0.25, 0.3) is 0 Å². The van der Waals surface area contributed by atoms with Crippen LogP contribution in [-0.4, -0.2) is 37.7 Å². The number of aryl methyl sites for hydroxylation is 1. The predicted octanol–water partition coefficient (Wildman–Crippen LogP) is 4.19. The highest BCUT2D eigenvalue weighted by atomic mass is 32.2. The topological polar surface area (TPSA) is 143 Å². The summed E-state index contributed by atoms with van der Waals surface area (Å²) in [5.74, 6) is -0.116. The monoisotopic (exact) mass is 482 g/mol. The summed E-state index contributed by atoms with van der Waals surface area (Å²) < 4.78 is 0. The number of thioether (sulfide) groups is 1. The first-order valence-electron chi connectivity index (χ1n) is 10.6. The predicted molar refractivity (Wildman–Crippen MR) is 130 cm³/mol. The van der Waals surface area contributed by atoms with E-state index in [4.69, 9.17) is 0 Å². The van der Waals surface area contributed by atoms with E-state index in [-0.39, 0.29) is 28.8 Å². The van der Waals surface area contributed by atoms with Crippen molar-refractivity contribution in [2.75, 3.05) is 11.1 Å². The Morgan fingerprint density at radius 3 is 2.62 bits per heavy atom. The summed E-state index contributed by atoms with van der Waals surface area (Å²) in [4.78, 5) is 39.9. The molecule has 3 aromatic rings. The maximum absolute atomic E-state index is 12.7. The highest BCUT2D eigenvalue weighted by molar-refractivity contribution is 7.99. The number of carbonyl (C=O) groups excluding carboxylic acids is 2. The number of nitro groups is 1. The Labute approximate surface area is 201 Å². The van der Waals surface area contributed by atoms with Gasteiger partial charge in [0.1, 0.15) is 5.82 Å². The molecule has 1 aromatic heterocycles. The number of aromatic nitrogens is 3. The number of aromatic amines is 1. The van der Waals surface area contributed by atoms with Crippen molar-refractivity contribution in [1.82, 2.24) is 20.5 Å². The van der Waals surface area contributed by atoms with Gasteiger partial charge in [-0.15, -0.1) is 5.10 Å². The van der Waals surface area contributed by atoms with Gasteiger partial charge in [-0.05, 0) is 43.0 Å². The third kappa shape index (κ3) is 6.19. The van der Waals surface area contributed by atoms with Crippen LogP contribution in [0.2, 0.25) is 0 Å². The maximum Gasteiger partial charge on any atom is 0.270 e. The summed E-state index contributed by atoms with van der Waals surface area (Å²) in [5.41, 5.74) is 2.89. The Bertz CT molecular complexity index is 1210. The van der Waals surface area contributed by atoms with Gasteiger partial charge in [0, 0.05) is 23.4 Å².